The van der Waals surface area contributed by atoms with Crippen molar-refractivity contribution >= 4 is 23.1 Å². The van der Waals surface area contributed by atoms with Gasteiger partial charge in [0, 0.05) is 35.4 Å². The van der Waals surface area contributed by atoms with Crippen LogP contribution in [0.15, 0.2) is 67.3 Å². The molecule has 2 aromatic heterocycles. The number of benzene rings is 2. The van der Waals surface area contributed by atoms with E-state index in [-0.39, 0.29) is 5.91 Å². The summed E-state index contributed by atoms with van der Waals surface area (Å²) in [5, 5.41) is 10.2. The summed E-state index contributed by atoms with van der Waals surface area (Å²) >= 11 is 0. The van der Waals surface area contributed by atoms with Gasteiger partial charge in [0.05, 0.1) is 21.3 Å². The fourth-order valence-electron chi connectivity index (χ4n) is 3.15. The largest absolute Gasteiger partial charge is 0.493 e. The molecule has 1 amide bonds. The Kier molecular flexibility index (Phi) is 6.35. The molecule has 0 saturated heterocycles. The van der Waals surface area contributed by atoms with Crippen LogP contribution in [0, 0.1) is 0 Å². The molecule has 2 heterocycles. The monoisotopic (exact) mass is 446 g/mol. The van der Waals surface area contributed by atoms with Crippen molar-refractivity contribution in [1.82, 2.24) is 19.7 Å². The second-order valence-electron chi connectivity index (χ2n) is 6.78. The van der Waals surface area contributed by atoms with Crippen LogP contribution in [0.2, 0.25) is 0 Å². The van der Waals surface area contributed by atoms with Gasteiger partial charge in [-0.3, -0.25) is 4.79 Å². The highest BCUT2D eigenvalue weighted by Crippen LogP contribution is 2.38. The molecule has 10 heteroatoms. The second kappa shape index (κ2) is 9.69. The topological polar surface area (TPSA) is 112 Å². The van der Waals surface area contributed by atoms with Gasteiger partial charge in [0.25, 0.3) is 5.91 Å². The summed E-state index contributed by atoms with van der Waals surface area (Å²) in [6, 6.07) is 14.0. The Hall–Kier alpha value is -4.60. The number of carbonyl (C=O) groups excluding carboxylic acids is 1. The molecule has 2 aromatic carbocycles. The molecule has 4 rings (SSSR count). The fourth-order valence-corrected chi connectivity index (χ4v) is 3.15. The summed E-state index contributed by atoms with van der Waals surface area (Å²) in [5.41, 5.74) is 1.80. The highest BCUT2D eigenvalue weighted by atomic mass is 16.5. The van der Waals surface area contributed by atoms with Crippen LogP contribution in [0.5, 0.6) is 17.2 Å². The summed E-state index contributed by atoms with van der Waals surface area (Å²) in [5.74, 6) is 2.18. The van der Waals surface area contributed by atoms with E-state index in [4.69, 9.17) is 14.2 Å². The van der Waals surface area contributed by atoms with Gasteiger partial charge in [0.2, 0.25) is 5.75 Å². The van der Waals surface area contributed by atoms with E-state index in [1.54, 1.807) is 47.4 Å². The smallest absolute Gasteiger partial charge is 0.255 e. The molecular weight excluding hydrogens is 424 g/mol. The minimum Gasteiger partial charge on any atom is -0.493 e. The minimum atomic E-state index is -0.311. The predicted octanol–water partition coefficient (Wildman–Crippen LogP) is 3.68. The molecule has 0 radical (unpaired) electrons. The van der Waals surface area contributed by atoms with E-state index in [0.29, 0.717) is 40.1 Å². The minimum absolute atomic E-state index is 0.311. The van der Waals surface area contributed by atoms with E-state index >= 15 is 0 Å². The molecule has 168 valence electrons. The first-order valence-electron chi connectivity index (χ1n) is 9.91. The number of hydrogen-bond acceptors (Lipinski definition) is 8. The number of amides is 1. The number of aromatic nitrogens is 4. The molecule has 0 unspecified atom stereocenters. The average Bonchev–Trinajstić information content (AvgIpc) is 3.39. The summed E-state index contributed by atoms with van der Waals surface area (Å²) in [6.07, 6.45) is 4.95. The van der Waals surface area contributed by atoms with Gasteiger partial charge in [-0.2, -0.15) is 5.10 Å². The molecule has 0 atom stereocenters. The molecule has 0 saturated carbocycles. The molecule has 0 fully saturated rings. The Morgan fingerprint density at radius 2 is 1.61 bits per heavy atom. The number of nitrogens with one attached hydrogen (secondary N) is 2. The van der Waals surface area contributed by atoms with Gasteiger partial charge in [0.1, 0.15) is 12.1 Å². The lowest BCUT2D eigenvalue weighted by Gasteiger charge is -2.14. The normalized spacial score (nSPS) is 10.4. The maximum Gasteiger partial charge on any atom is 0.255 e. The van der Waals surface area contributed by atoms with E-state index in [9.17, 15) is 4.79 Å². The van der Waals surface area contributed by atoms with Gasteiger partial charge in [-0.25, -0.2) is 14.6 Å². The number of methoxy groups -OCH3 is 3. The first kappa shape index (κ1) is 21.6. The standard InChI is InChI=1S/C23H22N6O4/c1-31-18-11-15(12-19(32-2)22(18)33-3)23(30)28-17-7-5-16(6-8-17)27-20-13-21(25-14-24-20)29-10-4-9-26-29/h4-14H,1-3H3,(H,28,30)(H,24,25,27). The Morgan fingerprint density at radius 1 is 0.909 bits per heavy atom. The maximum atomic E-state index is 12.8. The van der Waals surface area contributed by atoms with Crippen LogP contribution in [-0.4, -0.2) is 47.0 Å². The number of ether oxygens (including phenoxy) is 3. The number of anilines is 3. The third kappa shape index (κ3) is 4.85. The van der Waals surface area contributed by atoms with Gasteiger partial charge in [-0.1, -0.05) is 0 Å². The van der Waals surface area contributed by atoms with Crippen molar-refractivity contribution < 1.29 is 19.0 Å². The molecule has 0 spiro atoms. The Balaban J connectivity index is 1.46. The molecule has 0 aliphatic carbocycles. The Labute approximate surface area is 190 Å². The van der Waals surface area contributed by atoms with Crippen LogP contribution in [0.1, 0.15) is 10.4 Å². The number of hydrogen-bond donors (Lipinski definition) is 2. The van der Waals surface area contributed by atoms with Crippen molar-refractivity contribution in [3.63, 3.8) is 0 Å². The highest BCUT2D eigenvalue weighted by Gasteiger charge is 2.17. The van der Waals surface area contributed by atoms with E-state index in [2.05, 4.69) is 25.7 Å². The van der Waals surface area contributed by atoms with Crippen LogP contribution >= 0.6 is 0 Å². The van der Waals surface area contributed by atoms with E-state index in [0.717, 1.165) is 5.69 Å². The number of carbonyl (C=O) groups is 1. The summed E-state index contributed by atoms with van der Waals surface area (Å²) < 4.78 is 17.6. The van der Waals surface area contributed by atoms with Crippen molar-refractivity contribution in [2.24, 2.45) is 0 Å². The Morgan fingerprint density at radius 3 is 2.21 bits per heavy atom. The molecule has 0 aliphatic rings. The van der Waals surface area contributed by atoms with Gasteiger partial charge in [-0.15, -0.1) is 0 Å². The van der Waals surface area contributed by atoms with E-state index in [1.807, 2.05) is 18.2 Å². The molecule has 0 aliphatic heterocycles. The third-order valence-electron chi connectivity index (χ3n) is 4.73. The molecule has 10 nitrogen and oxygen atoms in total. The van der Waals surface area contributed by atoms with Crippen LogP contribution in [0.3, 0.4) is 0 Å². The predicted molar refractivity (Wildman–Crippen MR) is 123 cm³/mol. The van der Waals surface area contributed by atoms with Crippen molar-refractivity contribution in [2.75, 3.05) is 32.0 Å². The third-order valence-corrected chi connectivity index (χ3v) is 4.73. The average molecular weight is 446 g/mol. The maximum absolute atomic E-state index is 12.8. The first-order valence-corrected chi connectivity index (χ1v) is 9.91. The summed E-state index contributed by atoms with van der Waals surface area (Å²) in [7, 11) is 4.51. The SMILES string of the molecule is COc1cc(C(=O)Nc2ccc(Nc3cc(-n4cccn4)ncn3)cc2)cc(OC)c1OC. The van der Waals surface area contributed by atoms with Gasteiger partial charge in [-0.05, 0) is 42.5 Å². The van der Waals surface area contributed by atoms with E-state index in [1.165, 1.54) is 27.7 Å². The van der Waals surface area contributed by atoms with Crippen LogP contribution < -0.4 is 24.8 Å². The van der Waals surface area contributed by atoms with Gasteiger partial charge < -0.3 is 24.8 Å². The molecule has 33 heavy (non-hydrogen) atoms. The van der Waals surface area contributed by atoms with Gasteiger partial charge >= 0.3 is 0 Å². The van der Waals surface area contributed by atoms with Crippen molar-refractivity contribution in [3.05, 3.63) is 72.8 Å². The lowest BCUT2D eigenvalue weighted by molar-refractivity contribution is 0.102. The van der Waals surface area contributed by atoms with Crippen molar-refractivity contribution in [1.29, 1.82) is 0 Å². The first-order chi connectivity index (χ1) is 16.1. The number of nitrogens with zero attached hydrogens (tertiary/aromatic N) is 4. The van der Waals surface area contributed by atoms with Crippen molar-refractivity contribution in [3.8, 4) is 23.1 Å². The zero-order chi connectivity index (χ0) is 23.2. The lowest BCUT2D eigenvalue weighted by Crippen LogP contribution is -2.12. The zero-order valence-corrected chi connectivity index (χ0v) is 18.3. The summed E-state index contributed by atoms with van der Waals surface area (Å²) in [6.45, 7) is 0. The van der Waals surface area contributed by atoms with Crippen molar-refractivity contribution in [2.45, 2.75) is 0 Å². The molecule has 4 aromatic rings. The van der Waals surface area contributed by atoms with E-state index < -0.39 is 0 Å². The fraction of sp³-hybridized carbons (Fsp3) is 0.130. The van der Waals surface area contributed by atoms with Gasteiger partial charge in [0.15, 0.2) is 17.3 Å². The Bertz CT molecular complexity index is 1220. The quantitative estimate of drug-likeness (QED) is 0.422. The van der Waals surface area contributed by atoms with Crippen LogP contribution in [-0.2, 0) is 0 Å². The molecule has 0 bridgehead atoms. The molecular formula is C23H22N6O4. The second-order valence-corrected chi connectivity index (χ2v) is 6.78. The number of rotatable bonds is 8. The van der Waals surface area contributed by atoms with Crippen LogP contribution in [0.25, 0.3) is 5.82 Å². The highest BCUT2D eigenvalue weighted by molar-refractivity contribution is 6.05. The van der Waals surface area contributed by atoms with Crippen LogP contribution in [0.4, 0.5) is 17.2 Å². The summed E-state index contributed by atoms with van der Waals surface area (Å²) in [4.78, 5) is 21.2. The lowest BCUT2D eigenvalue weighted by atomic mass is 10.1. The zero-order valence-electron chi connectivity index (χ0n) is 18.3. The molecule has 2 N–H and O–H groups in total.